The van der Waals surface area contributed by atoms with Crippen molar-refractivity contribution in [1.29, 1.82) is 0 Å². The van der Waals surface area contributed by atoms with E-state index in [9.17, 15) is 4.79 Å². The maximum atomic E-state index is 12.9. The van der Waals surface area contributed by atoms with Gasteiger partial charge in [-0.1, -0.05) is 24.3 Å². The fourth-order valence-electron chi connectivity index (χ4n) is 4.00. The van der Waals surface area contributed by atoms with Gasteiger partial charge in [0.25, 0.3) is 5.91 Å². The van der Waals surface area contributed by atoms with Gasteiger partial charge in [-0.05, 0) is 67.5 Å². The Bertz CT molecular complexity index is 741. The van der Waals surface area contributed by atoms with Crippen molar-refractivity contribution in [3.05, 3.63) is 65.2 Å². The van der Waals surface area contributed by atoms with Crippen LogP contribution in [0, 0.1) is 5.92 Å². The molecule has 1 heterocycles. The third kappa shape index (κ3) is 3.71. The molecule has 4 rings (SSSR count). The summed E-state index contributed by atoms with van der Waals surface area (Å²) in [6.07, 6.45) is 5.67. The fraction of sp³-hybridized carbons (Fsp3) is 0.409. The highest BCUT2D eigenvalue weighted by molar-refractivity contribution is 5.94. The summed E-state index contributed by atoms with van der Waals surface area (Å²) in [6.45, 7) is 2.33. The first-order chi connectivity index (χ1) is 12.3. The molecule has 1 amide bonds. The van der Waals surface area contributed by atoms with Gasteiger partial charge in [-0.3, -0.25) is 4.79 Å². The number of piperidine rings is 1. The van der Waals surface area contributed by atoms with E-state index in [4.69, 9.17) is 4.74 Å². The van der Waals surface area contributed by atoms with Gasteiger partial charge < -0.3 is 9.64 Å². The van der Waals surface area contributed by atoms with Crippen LogP contribution in [0.25, 0.3) is 0 Å². The molecule has 1 aliphatic carbocycles. The number of carbonyl (C=O) groups is 1. The van der Waals surface area contributed by atoms with Crippen molar-refractivity contribution in [3.8, 4) is 5.75 Å². The van der Waals surface area contributed by atoms with Crippen molar-refractivity contribution in [2.45, 2.75) is 32.1 Å². The van der Waals surface area contributed by atoms with Crippen LogP contribution < -0.4 is 4.74 Å². The number of benzene rings is 2. The van der Waals surface area contributed by atoms with E-state index in [1.165, 1.54) is 17.5 Å². The summed E-state index contributed by atoms with van der Waals surface area (Å²) < 4.78 is 5.90. The highest BCUT2D eigenvalue weighted by Gasteiger charge is 2.25. The molecule has 1 aliphatic heterocycles. The van der Waals surface area contributed by atoms with E-state index in [0.29, 0.717) is 12.5 Å². The van der Waals surface area contributed by atoms with Crippen molar-refractivity contribution >= 4 is 5.91 Å². The number of carbonyl (C=O) groups excluding carboxylic acids is 1. The number of nitrogens with zero attached hydrogens (tertiary/aromatic N) is 1. The normalized spacial score (nSPS) is 19.5. The fourth-order valence-corrected chi connectivity index (χ4v) is 4.00. The number of likely N-dealkylation sites (tertiary alicyclic amines) is 1. The second kappa shape index (κ2) is 7.30. The topological polar surface area (TPSA) is 29.5 Å². The second-order valence-electron chi connectivity index (χ2n) is 7.22. The van der Waals surface area contributed by atoms with Crippen LogP contribution in [0.3, 0.4) is 0 Å². The third-order valence-corrected chi connectivity index (χ3v) is 5.38. The lowest BCUT2D eigenvalue weighted by Crippen LogP contribution is -2.41. The first-order valence-corrected chi connectivity index (χ1v) is 9.38. The first-order valence-electron chi connectivity index (χ1n) is 9.38. The Balaban J connectivity index is 1.38. The minimum atomic E-state index is 0.180. The Morgan fingerprint density at radius 1 is 1.04 bits per heavy atom. The molecule has 0 aromatic heterocycles. The number of fused-ring (bicyclic) bond motifs is 1. The van der Waals surface area contributed by atoms with E-state index in [-0.39, 0.29) is 5.91 Å². The summed E-state index contributed by atoms with van der Waals surface area (Å²) in [5.74, 6) is 1.50. The zero-order valence-corrected chi connectivity index (χ0v) is 14.6. The third-order valence-electron chi connectivity index (χ3n) is 5.38. The quantitative estimate of drug-likeness (QED) is 0.842. The van der Waals surface area contributed by atoms with E-state index in [1.807, 2.05) is 41.3 Å². The van der Waals surface area contributed by atoms with Crippen molar-refractivity contribution in [3.63, 3.8) is 0 Å². The lowest BCUT2D eigenvalue weighted by Gasteiger charge is -2.32. The van der Waals surface area contributed by atoms with Crippen molar-refractivity contribution in [2.24, 2.45) is 5.92 Å². The van der Waals surface area contributed by atoms with Crippen LogP contribution in [-0.2, 0) is 12.8 Å². The van der Waals surface area contributed by atoms with Crippen LogP contribution in [-0.4, -0.2) is 30.5 Å². The average Bonchev–Trinajstić information content (AvgIpc) is 3.14. The number of aryl methyl sites for hydroxylation is 2. The minimum absolute atomic E-state index is 0.180. The molecule has 2 aromatic carbocycles. The summed E-state index contributed by atoms with van der Waals surface area (Å²) in [7, 11) is 0. The van der Waals surface area contributed by atoms with Gasteiger partial charge in [0.05, 0.1) is 6.61 Å². The molecular formula is C22H25NO2. The van der Waals surface area contributed by atoms with Crippen molar-refractivity contribution in [1.82, 2.24) is 4.90 Å². The number of hydrogen-bond acceptors (Lipinski definition) is 2. The maximum Gasteiger partial charge on any atom is 0.253 e. The lowest BCUT2D eigenvalue weighted by atomic mass is 9.97. The van der Waals surface area contributed by atoms with Crippen LogP contribution in [0.5, 0.6) is 5.75 Å². The molecule has 0 N–H and O–H groups in total. The standard InChI is InChI=1S/C22H25NO2/c24-22(20-12-11-18-7-4-8-19(18)14-20)23-13-5-6-17(15-23)16-25-21-9-2-1-3-10-21/h1-3,9-12,14,17H,4-8,13,15-16H2. The van der Waals surface area contributed by atoms with Crippen molar-refractivity contribution < 1.29 is 9.53 Å². The molecule has 0 spiro atoms. The molecule has 25 heavy (non-hydrogen) atoms. The summed E-state index contributed by atoms with van der Waals surface area (Å²) >= 11 is 0. The van der Waals surface area contributed by atoms with Gasteiger partial charge in [-0.2, -0.15) is 0 Å². The Morgan fingerprint density at radius 3 is 2.76 bits per heavy atom. The number of rotatable bonds is 4. The van der Waals surface area contributed by atoms with Crippen LogP contribution in [0.4, 0.5) is 0 Å². The molecule has 130 valence electrons. The highest BCUT2D eigenvalue weighted by atomic mass is 16.5. The predicted molar refractivity (Wildman–Crippen MR) is 99.0 cm³/mol. The Labute approximate surface area is 149 Å². The molecule has 0 bridgehead atoms. The summed E-state index contributed by atoms with van der Waals surface area (Å²) in [5.41, 5.74) is 3.64. The van der Waals surface area contributed by atoms with Gasteiger partial charge in [0, 0.05) is 24.6 Å². The van der Waals surface area contributed by atoms with E-state index >= 15 is 0 Å². The van der Waals surface area contributed by atoms with Gasteiger partial charge in [0.2, 0.25) is 0 Å². The smallest absolute Gasteiger partial charge is 0.253 e. The zero-order chi connectivity index (χ0) is 17.1. The van der Waals surface area contributed by atoms with E-state index < -0.39 is 0 Å². The van der Waals surface area contributed by atoms with Crippen LogP contribution in [0.1, 0.15) is 40.7 Å². The molecule has 0 saturated carbocycles. The van der Waals surface area contributed by atoms with E-state index in [0.717, 1.165) is 50.1 Å². The summed E-state index contributed by atoms with van der Waals surface area (Å²) in [4.78, 5) is 14.9. The number of para-hydroxylation sites is 1. The number of ether oxygens (including phenoxy) is 1. The molecule has 3 nitrogen and oxygen atoms in total. The Kier molecular flexibility index (Phi) is 4.73. The Morgan fingerprint density at radius 2 is 1.88 bits per heavy atom. The van der Waals surface area contributed by atoms with Gasteiger partial charge >= 0.3 is 0 Å². The number of amides is 1. The highest BCUT2D eigenvalue weighted by Crippen LogP contribution is 2.25. The molecule has 1 fully saturated rings. The molecule has 0 radical (unpaired) electrons. The molecular weight excluding hydrogens is 310 g/mol. The first kappa shape index (κ1) is 16.2. The zero-order valence-electron chi connectivity index (χ0n) is 14.6. The molecule has 1 atom stereocenters. The monoisotopic (exact) mass is 335 g/mol. The van der Waals surface area contributed by atoms with E-state index in [2.05, 4.69) is 12.1 Å². The maximum absolute atomic E-state index is 12.9. The molecule has 2 aromatic rings. The van der Waals surface area contributed by atoms with Crippen LogP contribution >= 0.6 is 0 Å². The largest absolute Gasteiger partial charge is 0.493 e. The Hall–Kier alpha value is -2.29. The number of hydrogen-bond donors (Lipinski definition) is 0. The van der Waals surface area contributed by atoms with Crippen LogP contribution in [0.2, 0.25) is 0 Å². The molecule has 1 saturated heterocycles. The predicted octanol–water partition coefficient (Wildman–Crippen LogP) is 4.11. The molecule has 2 aliphatic rings. The van der Waals surface area contributed by atoms with Crippen molar-refractivity contribution in [2.75, 3.05) is 19.7 Å². The lowest BCUT2D eigenvalue weighted by molar-refractivity contribution is 0.0633. The van der Waals surface area contributed by atoms with Gasteiger partial charge in [0.1, 0.15) is 5.75 Å². The van der Waals surface area contributed by atoms with Gasteiger partial charge in [-0.25, -0.2) is 0 Å². The summed E-state index contributed by atoms with van der Waals surface area (Å²) in [6, 6.07) is 16.2. The second-order valence-corrected chi connectivity index (χ2v) is 7.22. The van der Waals surface area contributed by atoms with Gasteiger partial charge in [-0.15, -0.1) is 0 Å². The molecule has 1 unspecified atom stereocenters. The summed E-state index contributed by atoms with van der Waals surface area (Å²) in [5, 5.41) is 0. The minimum Gasteiger partial charge on any atom is -0.493 e. The SMILES string of the molecule is O=C(c1ccc2c(c1)CCC2)N1CCCC(COc2ccccc2)C1. The molecule has 3 heteroatoms. The average molecular weight is 335 g/mol. The van der Waals surface area contributed by atoms with E-state index in [1.54, 1.807) is 0 Å². The van der Waals surface area contributed by atoms with Gasteiger partial charge in [0.15, 0.2) is 0 Å². The van der Waals surface area contributed by atoms with Crippen LogP contribution in [0.15, 0.2) is 48.5 Å².